The number of allylic oxidation sites excluding steroid dienone is 4. The average molecular weight is 641 g/mol. The number of hydrogen-bond donors (Lipinski definition) is 4. The minimum Gasteiger partial charge on any atom is -0.356 e. The molecule has 3 heterocycles. The van der Waals surface area contributed by atoms with Crippen LogP contribution in [-0.2, 0) is 6.54 Å². The van der Waals surface area contributed by atoms with Crippen molar-refractivity contribution in [1.82, 2.24) is 30.2 Å². The zero-order valence-corrected chi connectivity index (χ0v) is 27.3. The van der Waals surface area contributed by atoms with E-state index in [1.54, 1.807) is 18.5 Å². The minimum atomic E-state index is -1.44. The van der Waals surface area contributed by atoms with Gasteiger partial charge in [0, 0.05) is 40.5 Å². The quantitative estimate of drug-likeness (QED) is 0.0842. The van der Waals surface area contributed by atoms with Crippen LogP contribution < -0.4 is 10.0 Å². The minimum absolute atomic E-state index is 0.310. The number of halogens is 1. The van der Waals surface area contributed by atoms with E-state index in [9.17, 15) is 4.39 Å². The van der Waals surface area contributed by atoms with Crippen LogP contribution >= 0.6 is 9.39 Å². The lowest BCUT2D eigenvalue weighted by molar-refractivity contribution is 0.625. The van der Waals surface area contributed by atoms with E-state index >= 15 is 0 Å². The molecule has 0 aliphatic carbocycles. The molecular formula is C39H37FN6S. The first-order chi connectivity index (χ1) is 22.6. The van der Waals surface area contributed by atoms with Gasteiger partial charge in [0.25, 0.3) is 0 Å². The molecule has 0 spiro atoms. The van der Waals surface area contributed by atoms with Gasteiger partial charge in [-0.1, -0.05) is 67.4 Å². The second-order valence-electron chi connectivity index (χ2n) is 11.6. The first-order valence-electron chi connectivity index (χ1n) is 15.1. The fourth-order valence-corrected chi connectivity index (χ4v) is 6.02. The van der Waals surface area contributed by atoms with Crippen LogP contribution in [0.15, 0.2) is 122 Å². The Kier molecular flexibility index (Phi) is 8.80. The van der Waals surface area contributed by atoms with Crippen LogP contribution in [-0.4, -0.2) is 38.2 Å². The van der Waals surface area contributed by atoms with Crippen LogP contribution in [0.25, 0.3) is 55.6 Å². The van der Waals surface area contributed by atoms with Gasteiger partial charge in [0.05, 0.1) is 22.9 Å². The average Bonchev–Trinajstić information content (AvgIpc) is 3.69. The van der Waals surface area contributed by atoms with Crippen molar-refractivity contribution >= 4 is 54.2 Å². The molecule has 47 heavy (non-hydrogen) atoms. The predicted molar refractivity (Wildman–Crippen MR) is 202 cm³/mol. The molecule has 0 unspecified atom stereocenters. The molecule has 6 rings (SSSR count). The van der Waals surface area contributed by atoms with Gasteiger partial charge < -0.3 is 10.3 Å². The molecular weight excluding hydrogens is 604 g/mol. The third kappa shape index (κ3) is 7.04. The zero-order chi connectivity index (χ0) is 33.1. The van der Waals surface area contributed by atoms with Gasteiger partial charge in [-0.15, -0.1) is 0 Å². The van der Waals surface area contributed by atoms with Crippen LogP contribution in [0.2, 0.25) is 0 Å². The molecule has 8 heteroatoms. The first-order valence-corrected chi connectivity index (χ1v) is 17.5. The maximum atomic E-state index is 14.8. The van der Waals surface area contributed by atoms with E-state index < -0.39 is 9.39 Å². The summed E-state index contributed by atoms with van der Waals surface area (Å²) in [5, 5.41) is 13.1. The lowest BCUT2D eigenvalue weighted by atomic mass is 10.00. The lowest BCUT2D eigenvalue weighted by Crippen LogP contribution is -2.09. The number of benzene rings is 3. The number of hydrogen-bond acceptors (Lipinski definition) is 4. The highest BCUT2D eigenvalue weighted by atomic mass is 32.2. The Hall–Kier alpha value is -5.44. The summed E-state index contributed by atoms with van der Waals surface area (Å²) in [5.41, 5.74) is 10.4. The van der Waals surface area contributed by atoms with Crippen LogP contribution in [0.4, 0.5) is 4.39 Å². The van der Waals surface area contributed by atoms with E-state index in [4.69, 9.17) is 0 Å². The van der Waals surface area contributed by atoms with Gasteiger partial charge in [0.1, 0.15) is 11.5 Å². The lowest BCUT2D eigenvalue weighted by Gasteiger charge is -2.12. The Morgan fingerprint density at radius 1 is 0.957 bits per heavy atom. The van der Waals surface area contributed by atoms with E-state index in [1.807, 2.05) is 55.6 Å². The number of aromatic nitrogens is 4. The number of rotatable bonds is 11. The molecule has 236 valence electrons. The molecule has 0 aliphatic heterocycles. The second kappa shape index (κ2) is 13.1. The molecule has 0 bridgehead atoms. The zero-order valence-electron chi connectivity index (χ0n) is 26.5. The van der Waals surface area contributed by atoms with E-state index in [0.717, 1.165) is 78.0 Å². The fraction of sp³-hybridized carbons (Fsp3) is 0.0769. The van der Waals surface area contributed by atoms with Crippen LogP contribution in [0.3, 0.4) is 0 Å². The maximum Gasteiger partial charge on any atom is 0.124 e. The summed E-state index contributed by atoms with van der Waals surface area (Å²) >= 11 is 0. The Bertz CT molecular complexity index is 2310. The van der Waals surface area contributed by atoms with Gasteiger partial charge in [-0.3, -0.25) is 14.8 Å². The predicted octanol–water partition coefficient (Wildman–Crippen LogP) is 8.95. The molecule has 0 amide bonds. The molecule has 0 atom stereocenters. The Labute approximate surface area is 275 Å². The monoisotopic (exact) mass is 640 g/mol. The van der Waals surface area contributed by atoms with Crippen molar-refractivity contribution in [3.05, 3.63) is 145 Å². The second-order valence-corrected chi connectivity index (χ2v) is 14.5. The summed E-state index contributed by atoms with van der Waals surface area (Å²) in [7, 11) is -1.44. The topological polar surface area (TPSA) is 81.4 Å². The third-order valence-electron chi connectivity index (χ3n) is 7.85. The summed E-state index contributed by atoms with van der Waals surface area (Å²) in [5.74, 6) is 7.82. The van der Waals surface area contributed by atoms with Crippen molar-refractivity contribution < 1.29 is 4.39 Å². The molecule has 0 fully saturated rings. The SMILES string of the molecule is C=C/C(=C\C(=C/C)c1ccc2[nH]nc(-c3cc4c(-c5cc(F)cc(CNS(=C)(=C)C)c5)cncc4[nH]3)c2c1)NC(=C)c1ccccc1. The fourth-order valence-electron chi connectivity index (χ4n) is 5.51. The standard InChI is InChI=1S/C39H37FN6S/c1-7-27(19-32(8-2)43-25(3)28-12-10-9-11-13-28)29-14-15-36-34(20-29)39(46-45-36)37-21-33-35(23-41-24-38(33)44-37)30-16-26(17-31(40)18-30)22-42-47(4,5)6/h7-21,23-24,42-44H,2-5,22H2,1,6H3,(H,45,46)/b27-7+,32-19+. The van der Waals surface area contributed by atoms with E-state index in [0.29, 0.717) is 6.54 Å². The summed E-state index contributed by atoms with van der Waals surface area (Å²) in [6.07, 6.45) is 11.4. The molecule has 4 N–H and O–H groups in total. The summed E-state index contributed by atoms with van der Waals surface area (Å²) in [6.45, 7) is 10.7. The highest BCUT2D eigenvalue weighted by Crippen LogP contribution is 2.35. The summed E-state index contributed by atoms with van der Waals surface area (Å²) in [4.78, 5) is 7.96. The summed E-state index contributed by atoms with van der Waals surface area (Å²) < 4.78 is 18.1. The van der Waals surface area contributed by atoms with Crippen molar-refractivity contribution in [2.45, 2.75) is 13.5 Å². The smallest absolute Gasteiger partial charge is 0.124 e. The number of pyridine rings is 1. The van der Waals surface area contributed by atoms with Crippen LogP contribution in [0.5, 0.6) is 0 Å². The molecule has 6 nitrogen and oxygen atoms in total. The normalized spacial score (nSPS) is 12.5. The third-order valence-corrected chi connectivity index (χ3v) is 8.69. The number of nitrogens with zero attached hydrogens (tertiary/aromatic N) is 2. The molecule has 3 aromatic heterocycles. The van der Waals surface area contributed by atoms with Crippen LogP contribution in [0, 0.1) is 5.82 Å². The number of H-pyrrole nitrogens is 2. The molecule has 0 saturated carbocycles. The Morgan fingerprint density at radius 2 is 1.77 bits per heavy atom. The highest BCUT2D eigenvalue weighted by Gasteiger charge is 2.16. The van der Waals surface area contributed by atoms with Crippen molar-refractivity contribution in [2.75, 3.05) is 6.26 Å². The van der Waals surface area contributed by atoms with Crippen molar-refractivity contribution in [3.63, 3.8) is 0 Å². The highest BCUT2D eigenvalue weighted by molar-refractivity contribution is 8.25. The van der Waals surface area contributed by atoms with Crippen molar-refractivity contribution in [1.29, 1.82) is 0 Å². The van der Waals surface area contributed by atoms with Gasteiger partial charge in [-0.05, 0) is 89.6 Å². The van der Waals surface area contributed by atoms with E-state index in [1.165, 1.54) is 12.1 Å². The Morgan fingerprint density at radius 3 is 2.51 bits per heavy atom. The maximum absolute atomic E-state index is 14.8. The number of fused-ring (bicyclic) bond motifs is 2. The molecule has 0 saturated heterocycles. The van der Waals surface area contributed by atoms with E-state index in [-0.39, 0.29) is 5.82 Å². The van der Waals surface area contributed by atoms with Gasteiger partial charge in [-0.25, -0.2) is 4.39 Å². The molecule has 0 radical (unpaired) electrons. The van der Waals surface area contributed by atoms with Crippen molar-refractivity contribution in [3.8, 4) is 22.5 Å². The van der Waals surface area contributed by atoms with Crippen LogP contribution in [0.1, 0.15) is 23.6 Å². The molecule has 3 aromatic carbocycles. The number of nitrogens with one attached hydrogen (secondary N) is 4. The van der Waals surface area contributed by atoms with Gasteiger partial charge in [0.2, 0.25) is 0 Å². The molecule has 0 aliphatic rings. The van der Waals surface area contributed by atoms with Gasteiger partial charge in [0.15, 0.2) is 0 Å². The van der Waals surface area contributed by atoms with Gasteiger partial charge >= 0.3 is 0 Å². The number of aromatic amines is 2. The molecule has 6 aromatic rings. The Balaban J connectivity index is 1.34. The van der Waals surface area contributed by atoms with Crippen molar-refractivity contribution in [2.24, 2.45) is 0 Å². The first kappa shape index (κ1) is 31.5. The summed E-state index contributed by atoms with van der Waals surface area (Å²) in [6, 6.07) is 23.3. The van der Waals surface area contributed by atoms with E-state index in [2.05, 4.69) is 85.5 Å². The largest absolute Gasteiger partial charge is 0.356 e. The van der Waals surface area contributed by atoms with Gasteiger partial charge in [-0.2, -0.15) is 14.5 Å².